The maximum atomic E-state index is 13.1. The summed E-state index contributed by atoms with van der Waals surface area (Å²) >= 11 is 0. The summed E-state index contributed by atoms with van der Waals surface area (Å²) in [6.45, 7) is 2.58. The molecule has 7 heteroatoms. The highest BCUT2D eigenvalue weighted by atomic mass is 19.4. The molecule has 2 unspecified atom stereocenters. The van der Waals surface area contributed by atoms with Gasteiger partial charge in [-0.15, -0.1) is 0 Å². The molecule has 0 aliphatic rings. The lowest BCUT2D eigenvalue weighted by atomic mass is 10.0. The summed E-state index contributed by atoms with van der Waals surface area (Å²) in [6, 6.07) is 14.6. The molecule has 0 aliphatic carbocycles. The van der Waals surface area contributed by atoms with Crippen LogP contribution in [0.15, 0.2) is 54.6 Å². The molecule has 0 spiro atoms. The van der Waals surface area contributed by atoms with E-state index in [9.17, 15) is 18.0 Å². The quantitative estimate of drug-likeness (QED) is 0.702. The summed E-state index contributed by atoms with van der Waals surface area (Å²) in [6.07, 6.45) is -4.46. The van der Waals surface area contributed by atoms with Crippen molar-refractivity contribution >= 4 is 11.6 Å². The van der Waals surface area contributed by atoms with Gasteiger partial charge in [0.05, 0.1) is 11.3 Å². The number of nitrogens with one attached hydrogen (secondary N) is 2. The van der Waals surface area contributed by atoms with Crippen molar-refractivity contribution in [2.75, 3.05) is 26.0 Å². The number of halogens is 3. The molecule has 0 saturated heterocycles. The Bertz CT molecular complexity index is 763. The fourth-order valence-electron chi connectivity index (χ4n) is 3.03. The first-order valence-electron chi connectivity index (χ1n) is 9.08. The van der Waals surface area contributed by atoms with Crippen molar-refractivity contribution in [3.8, 4) is 0 Å². The zero-order chi connectivity index (χ0) is 20.7. The lowest BCUT2D eigenvalue weighted by molar-refractivity contribution is -0.137. The first-order chi connectivity index (χ1) is 13.2. The number of para-hydroxylation sites is 1. The number of carbonyl (C=O) groups excluding carboxylic acids is 1. The summed E-state index contributed by atoms with van der Waals surface area (Å²) in [5.41, 5.74) is 0.0182. The van der Waals surface area contributed by atoms with Crippen LogP contribution in [0.3, 0.4) is 0 Å². The Labute approximate surface area is 163 Å². The van der Waals surface area contributed by atoms with E-state index >= 15 is 0 Å². The van der Waals surface area contributed by atoms with E-state index in [4.69, 9.17) is 0 Å². The number of likely N-dealkylation sites (N-methyl/N-ethyl adjacent to an activating group) is 1. The zero-order valence-electron chi connectivity index (χ0n) is 16.3. The van der Waals surface area contributed by atoms with Gasteiger partial charge in [0.2, 0.25) is 5.91 Å². The van der Waals surface area contributed by atoms with Crippen LogP contribution in [0.5, 0.6) is 0 Å². The van der Waals surface area contributed by atoms with Crippen molar-refractivity contribution in [2.24, 2.45) is 0 Å². The molecule has 0 bridgehead atoms. The number of hydrogen-bond acceptors (Lipinski definition) is 3. The second-order valence-corrected chi connectivity index (χ2v) is 7.09. The molecule has 0 saturated carbocycles. The lowest BCUT2D eigenvalue weighted by Crippen LogP contribution is -2.38. The van der Waals surface area contributed by atoms with Gasteiger partial charge in [0.1, 0.15) is 0 Å². The fourth-order valence-corrected chi connectivity index (χ4v) is 3.03. The first kappa shape index (κ1) is 21.9. The fraction of sp³-hybridized carbons (Fsp3) is 0.381. The van der Waals surface area contributed by atoms with Crippen molar-refractivity contribution in [3.63, 3.8) is 0 Å². The molecule has 152 valence electrons. The maximum Gasteiger partial charge on any atom is 0.418 e. The molecule has 0 heterocycles. The maximum absolute atomic E-state index is 13.1. The standard InChI is InChI=1S/C21H26F3N3O/c1-15(25-19(14-27(2)3)16-9-5-4-6-10-16)13-20(28)26-18-12-8-7-11-17(18)21(22,23)24/h4-12,15,19,25H,13-14H2,1-3H3,(H,26,28). The summed E-state index contributed by atoms with van der Waals surface area (Å²) in [5, 5.41) is 5.79. The van der Waals surface area contributed by atoms with Gasteiger partial charge in [0, 0.05) is 25.0 Å². The Morgan fingerprint density at radius 3 is 2.25 bits per heavy atom. The molecular weight excluding hydrogens is 367 g/mol. The van der Waals surface area contributed by atoms with E-state index in [0.29, 0.717) is 0 Å². The SMILES string of the molecule is CC(CC(=O)Nc1ccccc1C(F)(F)F)NC(CN(C)C)c1ccccc1. The summed E-state index contributed by atoms with van der Waals surface area (Å²) < 4.78 is 39.2. The molecule has 4 nitrogen and oxygen atoms in total. The highest BCUT2D eigenvalue weighted by Crippen LogP contribution is 2.34. The minimum Gasteiger partial charge on any atom is -0.325 e. The number of benzene rings is 2. The predicted molar refractivity (Wildman–Crippen MR) is 105 cm³/mol. The molecule has 2 aromatic carbocycles. The second kappa shape index (κ2) is 9.71. The average Bonchev–Trinajstić information content (AvgIpc) is 2.61. The summed E-state index contributed by atoms with van der Waals surface area (Å²) in [4.78, 5) is 14.4. The Morgan fingerprint density at radius 2 is 1.64 bits per heavy atom. The van der Waals surface area contributed by atoms with Gasteiger partial charge in [-0.3, -0.25) is 4.79 Å². The lowest BCUT2D eigenvalue weighted by Gasteiger charge is -2.26. The number of hydrogen-bond donors (Lipinski definition) is 2. The van der Waals surface area contributed by atoms with Gasteiger partial charge in [-0.25, -0.2) is 0 Å². The monoisotopic (exact) mass is 393 g/mol. The largest absolute Gasteiger partial charge is 0.418 e. The molecule has 0 fully saturated rings. The molecule has 2 aromatic rings. The normalized spacial score (nSPS) is 14.0. The zero-order valence-corrected chi connectivity index (χ0v) is 16.3. The van der Waals surface area contributed by atoms with E-state index in [0.717, 1.165) is 18.2 Å². The van der Waals surface area contributed by atoms with Crippen LogP contribution in [0.2, 0.25) is 0 Å². The molecule has 0 aliphatic heterocycles. The van der Waals surface area contributed by atoms with Gasteiger partial charge in [0.15, 0.2) is 0 Å². The van der Waals surface area contributed by atoms with Gasteiger partial charge in [-0.2, -0.15) is 13.2 Å². The van der Waals surface area contributed by atoms with E-state index in [2.05, 4.69) is 10.6 Å². The van der Waals surface area contributed by atoms with Gasteiger partial charge in [-0.1, -0.05) is 42.5 Å². The van der Waals surface area contributed by atoms with Gasteiger partial charge in [-0.05, 0) is 38.7 Å². The Morgan fingerprint density at radius 1 is 1.04 bits per heavy atom. The average molecular weight is 393 g/mol. The highest BCUT2D eigenvalue weighted by molar-refractivity contribution is 5.92. The van der Waals surface area contributed by atoms with Crippen LogP contribution in [-0.4, -0.2) is 37.5 Å². The molecule has 2 rings (SSSR count). The van der Waals surface area contributed by atoms with E-state index in [1.807, 2.05) is 56.3 Å². The third-order valence-electron chi connectivity index (χ3n) is 4.23. The summed E-state index contributed by atoms with van der Waals surface area (Å²) in [7, 11) is 3.92. The Kier molecular flexibility index (Phi) is 7.60. The van der Waals surface area contributed by atoms with Crippen LogP contribution in [0.25, 0.3) is 0 Å². The van der Waals surface area contributed by atoms with Crippen LogP contribution in [0, 0.1) is 0 Å². The van der Waals surface area contributed by atoms with Crippen molar-refractivity contribution in [1.29, 1.82) is 0 Å². The Balaban J connectivity index is 2.02. The van der Waals surface area contributed by atoms with Crippen LogP contribution < -0.4 is 10.6 Å². The van der Waals surface area contributed by atoms with E-state index in [1.165, 1.54) is 18.2 Å². The number of nitrogens with zero attached hydrogens (tertiary/aromatic N) is 1. The van der Waals surface area contributed by atoms with E-state index in [1.54, 1.807) is 0 Å². The van der Waals surface area contributed by atoms with Gasteiger partial charge in [0.25, 0.3) is 0 Å². The molecule has 2 atom stereocenters. The molecule has 2 N–H and O–H groups in total. The molecule has 0 radical (unpaired) electrons. The number of amides is 1. The van der Waals surface area contributed by atoms with Crippen molar-refractivity contribution in [1.82, 2.24) is 10.2 Å². The molecule has 0 aromatic heterocycles. The van der Waals surface area contributed by atoms with E-state index < -0.39 is 17.6 Å². The van der Waals surface area contributed by atoms with Gasteiger partial charge >= 0.3 is 6.18 Å². The van der Waals surface area contributed by atoms with Crippen molar-refractivity contribution < 1.29 is 18.0 Å². The van der Waals surface area contributed by atoms with Crippen LogP contribution in [0.4, 0.5) is 18.9 Å². The number of alkyl halides is 3. The number of rotatable bonds is 8. The summed E-state index contributed by atoms with van der Waals surface area (Å²) in [5.74, 6) is -0.464. The smallest absolute Gasteiger partial charge is 0.325 e. The topological polar surface area (TPSA) is 44.4 Å². The van der Waals surface area contributed by atoms with Crippen LogP contribution >= 0.6 is 0 Å². The van der Waals surface area contributed by atoms with Crippen molar-refractivity contribution in [2.45, 2.75) is 31.6 Å². The molecule has 28 heavy (non-hydrogen) atoms. The van der Waals surface area contributed by atoms with Gasteiger partial charge < -0.3 is 15.5 Å². The van der Waals surface area contributed by atoms with Crippen molar-refractivity contribution in [3.05, 3.63) is 65.7 Å². The first-order valence-corrected chi connectivity index (χ1v) is 9.08. The minimum atomic E-state index is -4.52. The molecule has 1 amide bonds. The minimum absolute atomic E-state index is 0.00135. The third-order valence-corrected chi connectivity index (χ3v) is 4.23. The van der Waals surface area contributed by atoms with Crippen LogP contribution in [0.1, 0.15) is 30.5 Å². The molecular formula is C21H26F3N3O. The highest BCUT2D eigenvalue weighted by Gasteiger charge is 2.33. The van der Waals surface area contributed by atoms with E-state index in [-0.39, 0.29) is 24.2 Å². The third kappa shape index (κ3) is 6.65. The number of carbonyl (C=O) groups is 1. The van der Waals surface area contributed by atoms with Crippen LogP contribution in [-0.2, 0) is 11.0 Å². The number of anilines is 1. The Hall–Kier alpha value is -2.38. The predicted octanol–water partition coefficient (Wildman–Crippen LogP) is 4.32. The second-order valence-electron chi connectivity index (χ2n) is 7.09.